The molecular formula is C13H20N2O. The average Bonchev–Trinajstić information content (AvgIpc) is 2.28. The Morgan fingerprint density at radius 3 is 1.94 bits per heavy atom. The number of nitrogens with zero attached hydrogens (tertiary/aromatic N) is 2. The van der Waals surface area contributed by atoms with Crippen molar-refractivity contribution in [2.24, 2.45) is 5.41 Å². The second-order valence-electron chi connectivity index (χ2n) is 4.26. The van der Waals surface area contributed by atoms with Crippen LogP contribution in [0.3, 0.4) is 0 Å². The van der Waals surface area contributed by atoms with Crippen LogP contribution in [0.2, 0.25) is 0 Å². The Balaban J connectivity index is 4.68. The van der Waals surface area contributed by atoms with E-state index >= 15 is 0 Å². The Hall–Kier alpha value is -1.35. The first kappa shape index (κ1) is 14.6. The Bertz CT molecular complexity index is 278. The van der Waals surface area contributed by atoms with Gasteiger partial charge in [0.25, 0.3) is 0 Å². The maximum atomic E-state index is 11.8. The first-order valence-corrected chi connectivity index (χ1v) is 5.88. The predicted molar refractivity (Wildman–Crippen MR) is 62.3 cm³/mol. The molecule has 0 aromatic rings. The molecule has 0 rings (SSSR count). The Morgan fingerprint density at radius 2 is 1.62 bits per heavy atom. The van der Waals surface area contributed by atoms with Crippen LogP contribution < -0.4 is 0 Å². The van der Waals surface area contributed by atoms with Gasteiger partial charge >= 0.3 is 0 Å². The van der Waals surface area contributed by atoms with Crippen LogP contribution >= 0.6 is 0 Å². The van der Waals surface area contributed by atoms with Gasteiger partial charge in [-0.15, -0.1) is 0 Å². The number of Topliss-reactive ketones (excluding diaryl/α,β-unsaturated/α-hetero) is 1. The van der Waals surface area contributed by atoms with Crippen molar-refractivity contribution < 1.29 is 4.79 Å². The van der Waals surface area contributed by atoms with E-state index < -0.39 is 5.41 Å². The molecule has 0 aromatic heterocycles. The van der Waals surface area contributed by atoms with E-state index in [4.69, 9.17) is 10.5 Å². The highest BCUT2D eigenvalue weighted by Crippen LogP contribution is 2.36. The van der Waals surface area contributed by atoms with Crippen LogP contribution in [0.25, 0.3) is 0 Å². The lowest BCUT2D eigenvalue weighted by molar-refractivity contribution is -0.127. The fourth-order valence-corrected chi connectivity index (χ4v) is 2.01. The normalized spacial score (nSPS) is 10.5. The van der Waals surface area contributed by atoms with Gasteiger partial charge in [0.1, 0.15) is 5.78 Å². The summed E-state index contributed by atoms with van der Waals surface area (Å²) >= 11 is 0. The van der Waals surface area contributed by atoms with E-state index in [1.165, 1.54) is 0 Å². The summed E-state index contributed by atoms with van der Waals surface area (Å²) in [6.07, 6.45) is 4.82. The van der Waals surface area contributed by atoms with Gasteiger partial charge in [-0.2, -0.15) is 10.5 Å². The zero-order valence-electron chi connectivity index (χ0n) is 10.3. The summed E-state index contributed by atoms with van der Waals surface area (Å²) in [5.74, 6) is 0.131. The van der Waals surface area contributed by atoms with E-state index in [-0.39, 0.29) is 5.78 Å². The van der Waals surface area contributed by atoms with Crippen LogP contribution in [0, 0.1) is 28.1 Å². The number of nitriles is 2. The minimum Gasteiger partial charge on any atom is -0.299 e. The molecule has 0 N–H and O–H groups in total. The van der Waals surface area contributed by atoms with Crippen LogP contribution in [0.15, 0.2) is 0 Å². The van der Waals surface area contributed by atoms with E-state index in [1.54, 1.807) is 6.92 Å². The highest BCUT2D eigenvalue weighted by molar-refractivity contribution is 5.82. The lowest BCUT2D eigenvalue weighted by atomic mass is 9.72. The van der Waals surface area contributed by atoms with Crippen LogP contribution in [0.5, 0.6) is 0 Å². The lowest BCUT2D eigenvalue weighted by Gasteiger charge is -2.29. The highest BCUT2D eigenvalue weighted by Gasteiger charge is 2.33. The zero-order valence-corrected chi connectivity index (χ0v) is 10.3. The van der Waals surface area contributed by atoms with Crippen molar-refractivity contribution in [2.75, 3.05) is 0 Å². The zero-order chi connectivity index (χ0) is 12.4. The molecular weight excluding hydrogens is 200 g/mol. The number of rotatable bonds is 8. The lowest BCUT2D eigenvalue weighted by Crippen LogP contribution is -2.29. The summed E-state index contributed by atoms with van der Waals surface area (Å²) in [6.45, 7) is 3.67. The van der Waals surface area contributed by atoms with E-state index in [0.717, 1.165) is 19.3 Å². The molecule has 0 saturated heterocycles. The van der Waals surface area contributed by atoms with Gasteiger partial charge in [0, 0.05) is 18.3 Å². The van der Waals surface area contributed by atoms with Gasteiger partial charge in [-0.1, -0.05) is 19.8 Å². The van der Waals surface area contributed by atoms with Gasteiger partial charge in [-0.3, -0.25) is 4.79 Å². The van der Waals surface area contributed by atoms with Crippen molar-refractivity contribution in [1.29, 1.82) is 10.5 Å². The van der Waals surface area contributed by atoms with Gasteiger partial charge in [-0.05, 0) is 26.2 Å². The Labute approximate surface area is 98.1 Å². The van der Waals surface area contributed by atoms with Gasteiger partial charge < -0.3 is 0 Å². The number of carbonyl (C=O) groups is 1. The molecule has 0 amide bonds. The monoisotopic (exact) mass is 220 g/mol. The molecule has 0 fully saturated rings. The number of ketones is 1. The molecule has 3 nitrogen and oxygen atoms in total. The fraction of sp³-hybridized carbons (Fsp3) is 0.769. The summed E-state index contributed by atoms with van der Waals surface area (Å²) in [6, 6.07) is 4.19. The molecule has 88 valence electrons. The van der Waals surface area contributed by atoms with E-state index in [2.05, 4.69) is 19.1 Å². The van der Waals surface area contributed by atoms with Crippen molar-refractivity contribution in [3.63, 3.8) is 0 Å². The molecule has 0 aromatic carbocycles. The van der Waals surface area contributed by atoms with Crippen molar-refractivity contribution in [3.8, 4) is 12.1 Å². The standard InChI is InChI=1S/C13H20N2O/c1-3-4-7-13(12(2)16,8-5-10-14)9-6-11-15/h3-9H2,1-2H3. The van der Waals surface area contributed by atoms with Gasteiger partial charge in [0.2, 0.25) is 0 Å². The third-order valence-corrected chi connectivity index (χ3v) is 3.19. The molecule has 0 aliphatic carbocycles. The quantitative estimate of drug-likeness (QED) is 0.630. The smallest absolute Gasteiger partial charge is 0.136 e. The maximum absolute atomic E-state index is 11.8. The molecule has 3 heteroatoms. The molecule has 16 heavy (non-hydrogen) atoms. The first-order valence-electron chi connectivity index (χ1n) is 5.88. The summed E-state index contributed by atoms with van der Waals surface area (Å²) < 4.78 is 0. The number of carbonyl (C=O) groups excluding carboxylic acids is 1. The topological polar surface area (TPSA) is 64.7 Å². The predicted octanol–water partition coefficient (Wildman–Crippen LogP) is 3.36. The van der Waals surface area contributed by atoms with Crippen LogP contribution in [-0.4, -0.2) is 5.78 Å². The van der Waals surface area contributed by atoms with Crippen LogP contribution in [0.1, 0.15) is 58.8 Å². The molecule has 0 heterocycles. The molecule has 0 saturated carbocycles. The van der Waals surface area contributed by atoms with Crippen molar-refractivity contribution in [1.82, 2.24) is 0 Å². The minimum atomic E-state index is -0.429. The fourth-order valence-electron chi connectivity index (χ4n) is 2.01. The molecule has 0 unspecified atom stereocenters. The SMILES string of the molecule is CCCCC(CCC#N)(CCC#N)C(C)=O. The van der Waals surface area contributed by atoms with E-state index in [9.17, 15) is 4.79 Å². The van der Waals surface area contributed by atoms with Crippen LogP contribution in [-0.2, 0) is 4.79 Å². The molecule has 0 aliphatic rings. The number of hydrogen-bond acceptors (Lipinski definition) is 3. The van der Waals surface area contributed by atoms with Gasteiger partial charge in [-0.25, -0.2) is 0 Å². The van der Waals surface area contributed by atoms with E-state index in [1.807, 2.05) is 0 Å². The second kappa shape index (κ2) is 7.88. The minimum absolute atomic E-state index is 0.131. The summed E-state index contributed by atoms with van der Waals surface area (Å²) in [7, 11) is 0. The Morgan fingerprint density at radius 1 is 1.12 bits per heavy atom. The largest absolute Gasteiger partial charge is 0.299 e. The molecule has 0 spiro atoms. The average molecular weight is 220 g/mol. The number of hydrogen-bond donors (Lipinski definition) is 0. The van der Waals surface area contributed by atoms with Gasteiger partial charge in [0.05, 0.1) is 12.1 Å². The second-order valence-corrected chi connectivity index (χ2v) is 4.26. The van der Waals surface area contributed by atoms with Gasteiger partial charge in [0.15, 0.2) is 0 Å². The van der Waals surface area contributed by atoms with Crippen LogP contribution in [0.4, 0.5) is 0 Å². The summed E-state index contributed by atoms with van der Waals surface area (Å²) in [5.41, 5.74) is -0.429. The first-order chi connectivity index (χ1) is 7.63. The molecule has 0 bridgehead atoms. The van der Waals surface area contributed by atoms with Crippen molar-refractivity contribution in [2.45, 2.75) is 58.8 Å². The molecule has 0 atom stereocenters. The highest BCUT2D eigenvalue weighted by atomic mass is 16.1. The van der Waals surface area contributed by atoms with E-state index in [0.29, 0.717) is 25.7 Å². The van der Waals surface area contributed by atoms with Crippen molar-refractivity contribution in [3.05, 3.63) is 0 Å². The Kier molecular flexibility index (Phi) is 7.21. The summed E-state index contributed by atoms with van der Waals surface area (Å²) in [4.78, 5) is 11.8. The molecule has 0 radical (unpaired) electrons. The summed E-state index contributed by atoms with van der Waals surface area (Å²) in [5, 5.41) is 17.3. The maximum Gasteiger partial charge on any atom is 0.136 e. The number of unbranched alkanes of at least 4 members (excludes halogenated alkanes) is 1. The third kappa shape index (κ3) is 4.45. The molecule has 0 aliphatic heterocycles. The third-order valence-electron chi connectivity index (χ3n) is 3.19. The van der Waals surface area contributed by atoms with Crippen molar-refractivity contribution >= 4 is 5.78 Å².